The lowest BCUT2D eigenvalue weighted by Gasteiger charge is -2.34. The van der Waals surface area contributed by atoms with Crippen molar-refractivity contribution in [1.82, 2.24) is 4.31 Å². The molecule has 0 unspecified atom stereocenters. The van der Waals surface area contributed by atoms with Crippen molar-refractivity contribution < 1.29 is 8.42 Å². The van der Waals surface area contributed by atoms with Crippen molar-refractivity contribution in [2.75, 3.05) is 6.54 Å². The van der Waals surface area contributed by atoms with Crippen molar-refractivity contribution in [3.63, 3.8) is 0 Å². The minimum Gasteiger partial charge on any atom is -0.328 e. The molecule has 4 nitrogen and oxygen atoms in total. The first-order chi connectivity index (χ1) is 9.53. The maximum absolute atomic E-state index is 12.6. The number of rotatable bonds is 5. The molecule has 2 N–H and O–H groups in total. The van der Waals surface area contributed by atoms with E-state index in [1.807, 2.05) is 37.3 Å². The molecule has 0 atom stereocenters. The van der Waals surface area contributed by atoms with Gasteiger partial charge in [-0.3, -0.25) is 0 Å². The molecule has 0 bridgehead atoms. The largest absolute Gasteiger partial charge is 0.328 e. The van der Waals surface area contributed by atoms with Gasteiger partial charge >= 0.3 is 0 Å². The second kappa shape index (κ2) is 6.70. The third-order valence-corrected chi connectivity index (χ3v) is 5.98. The zero-order valence-corrected chi connectivity index (χ0v) is 12.8. The molecule has 0 aliphatic heterocycles. The molecule has 0 spiro atoms. The number of nitrogens with two attached hydrogens (primary N) is 1. The van der Waals surface area contributed by atoms with Crippen molar-refractivity contribution in [3.8, 4) is 0 Å². The Morgan fingerprint density at radius 2 is 1.75 bits per heavy atom. The van der Waals surface area contributed by atoms with Crippen LogP contribution in [0.2, 0.25) is 0 Å². The Morgan fingerprint density at radius 1 is 1.15 bits per heavy atom. The second-order valence-corrected chi connectivity index (χ2v) is 7.44. The molecule has 1 fully saturated rings. The summed E-state index contributed by atoms with van der Waals surface area (Å²) in [6.45, 7) is 2.45. The van der Waals surface area contributed by atoms with E-state index in [9.17, 15) is 8.42 Å². The number of sulfonamides is 1. The SMILES string of the molecule is CCN(C1CCC(N)CC1)S(=O)(=O)Cc1ccccc1. The van der Waals surface area contributed by atoms with Crippen LogP contribution in [-0.4, -0.2) is 31.4 Å². The van der Waals surface area contributed by atoms with Gasteiger partial charge in [0.25, 0.3) is 0 Å². The fraction of sp³-hybridized carbons (Fsp3) is 0.600. The predicted octanol–water partition coefficient (Wildman–Crippen LogP) is 2.11. The maximum atomic E-state index is 12.6. The van der Waals surface area contributed by atoms with Crippen LogP contribution in [0.4, 0.5) is 0 Å². The van der Waals surface area contributed by atoms with E-state index in [0.717, 1.165) is 31.2 Å². The summed E-state index contributed by atoms with van der Waals surface area (Å²) >= 11 is 0. The molecule has 0 heterocycles. The van der Waals surface area contributed by atoms with Crippen LogP contribution in [0.15, 0.2) is 30.3 Å². The molecular weight excluding hydrogens is 272 g/mol. The van der Waals surface area contributed by atoms with Crippen LogP contribution in [0.1, 0.15) is 38.2 Å². The van der Waals surface area contributed by atoms with Crippen LogP contribution in [0.25, 0.3) is 0 Å². The van der Waals surface area contributed by atoms with Gasteiger partial charge in [-0.1, -0.05) is 37.3 Å². The van der Waals surface area contributed by atoms with Crippen molar-refractivity contribution in [1.29, 1.82) is 0 Å². The Bertz CT molecular complexity index is 508. The number of nitrogens with zero attached hydrogens (tertiary/aromatic N) is 1. The summed E-state index contributed by atoms with van der Waals surface area (Å²) in [6, 6.07) is 9.73. The van der Waals surface area contributed by atoms with Gasteiger partial charge in [-0.2, -0.15) is 4.31 Å². The highest BCUT2D eigenvalue weighted by Crippen LogP contribution is 2.25. The zero-order valence-electron chi connectivity index (χ0n) is 12.0. The van der Waals surface area contributed by atoms with Gasteiger partial charge < -0.3 is 5.73 Å². The average molecular weight is 296 g/mol. The van der Waals surface area contributed by atoms with Gasteiger partial charge in [-0.05, 0) is 31.2 Å². The summed E-state index contributed by atoms with van der Waals surface area (Å²) in [6.07, 6.45) is 3.59. The van der Waals surface area contributed by atoms with Gasteiger partial charge in [0.15, 0.2) is 0 Å². The Balaban J connectivity index is 2.09. The van der Waals surface area contributed by atoms with Crippen LogP contribution in [-0.2, 0) is 15.8 Å². The lowest BCUT2D eigenvalue weighted by Crippen LogP contribution is -2.44. The summed E-state index contributed by atoms with van der Waals surface area (Å²) in [7, 11) is -3.25. The summed E-state index contributed by atoms with van der Waals surface area (Å²) in [5, 5.41) is 0. The summed E-state index contributed by atoms with van der Waals surface area (Å²) < 4.78 is 26.9. The molecule has 1 aliphatic carbocycles. The smallest absolute Gasteiger partial charge is 0.218 e. The molecule has 1 saturated carbocycles. The van der Waals surface area contributed by atoms with E-state index in [2.05, 4.69) is 0 Å². The molecule has 2 rings (SSSR count). The maximum Gasteiger partial charge on any atom is 0.218 e. The van der Waals surface area contributed by atoms with Crippen molar-refractivity contribution in [2.24, 2.45) is 5.73 Å². The number of hydrogen-bond donors (Lipinski definition) is 1. The van der Waals surface area contributed by atoms with Crippen LogP contribution in [0.5, 0.6) is 0 Å². The minimum atomic E-state index is -3.25. The van der Waals surface area contributed by atoms with Crippen molar-refractivity contribution >= 4 is 10.0 Å². The van der Waals surface area contributed by atoms with E-state index in [1.165, 1.54) is 0 Å². The Morgan fingerprint density at radius 3 is 2.30 bits per heavy atom. The van der Waals surface area contributed by atoms with E-state index in [1.54, 1.807) is 4.31 Å². The normalized spacial score (nSPS) is 23.9. The quantitative estimate of drug-likeness (QED) is 0.905. The molecule has 112 valence electrons. The third kappa shape index (κ3) is 3.81. The molecule has 5 heteroatoms. The molecular formula is C15H24N2O2S. The molecule has 0 saturated heterocycles. The Hall–Kier alpha value is -0.910. The second-order valence-electron chi connectivity index (χ2n) is 5.51. The van der Waals surface area contributed by atoms with Gasteiger partial charge in [0.2, 0.25) is 10.0 Å². The van der Waals surface area contributed by atoms with E-state index in [0.29, 0.717) is 6.54 Å². The van der Waals surface area contributed by atoms with Gasteiger partial charge in [-0.25, -0.2) is 8.42 Å². The third-order valence-electron chi connectivity index (χ3n) is 4.01. The Kier molecular flexibility index (Phi) is 5.18. The van der Waals surface area contributed by atoms with Crippen LogP contribution >= 0.6 is 0 Å². The first-order valence-corrected chi connectivity index (χ1v) is 8.93. The van der Waals surface area contributed by atoms with Crippen LogP contribution in [0.3, 0.4) is 0 Å². The van der Waals surface area contributed by atoms with Crippen LogP contribution < -0.4 is 5.73 Å². The monoisotopic (exact) mass is 296 g/mol. The zero-order chi connectivity index (χ0) is 14.6. The Labute approximate surface area is 122 Å². The van der Waals surface area contributed by atoms with Gasteiger partial charge in [-0.15, -0.1) is 0 Å². The van der Waals surface area contributed by atoms with Crippen molar-refractivity contribution in [3.05, 3.63) is 35.9 Å². The highest BCUT2D eigenvalue weighted by Gasteiger charge is 2.31. The molecule has 0 radical (unpaired) electrons. The van der Waals surface area contributed by atoms with E-state index in [4.69, 9.17) is 5.73 Å². The molecule has 1 aromatic carbocycles. The standard InChI is InChI=1S/C15H24N2O2S/c1-2-17(15-10-8-14(16)9-11-15)20(18,19)12-13-6-4-3-5-7-13/h3-7,14-15H,2,8-12,16H2,1H3. The van der Waals surface area contributed by atoms with Crippen molar-refractivity contribution in [2.45, 2.75) is 50.4 Å². The van der Waals surface area contributed by atoms with Gasteiger partial charge in [0.1, 0.15) is 0 Å². The van der Waals surface area contributed by atoms with E-state index >= 15 is 0 Å². The average Bonchev–Trinajstić information content (AvgIpc) is 2.42. The summed E-state index contributed by atoms with van der Waals surface area (Å²) in [4.78, 5) is 0. The van der Waals surface area contributed by atoms with Crippen LogP contribution in [0, 0.1) is 0 Å². The molecule has 0 amide bonds. The first-order valence-electron chi connectivity index (χ1n) is 7.32. The highest BCUT2D eigenvalue weighted by atomic mass is 32.2. The van der Waals surface area contributed by atoms with Gasteiger partial charge in [0, 0.05) is 18.6 Å². The highest BCUT2D eigenvalue weighted by molar-refractivity contribution is 7.88. The topological polar surface area (TPSA) is 63.4 Å². The van der Waals surface area contributed by atoms with E-state index in [-0.39, 0.29) is 17.8 Å². The fourth-order valence-corrected chi connectivity index (χ4v) is 4.78. The van der Waals surface area contributed by atoms with Gasteiger partial charge in [0.05, 0.1) is 5.75 Å². The fourth-order valence-electron chi connectivity index (χ4n) is 2.94. The van der Waals surface area contributed by atoms with E-state index < -0.39 is 10.0 Å². The summed E-state index contributed by atoms with van der Waals surface area (Å²) in [5.74, 6) is 0.0875. The lowest BCUT2D eigenvalue weighted by atomic mass is 9.92. The number of hydrogen-bond acceptors (Lipinski definition) is 3. The molecule has 1 aliphatic rings. The molecule has 1 aromatic rings. The first kappa shape index (κ1) is 15.5. The summed E-state index contributed by atoms with van der Waals surface area (Å²) in [5.41, 5.74) is 6.75. The predicted molar refractivity (Wildman–Crippen MR) is 81.7 cm³/mol. The molecule has 20 heavy (non-hydrogen) atoms. The minimum absolute atomic E-state index is 0.0875. The molecule has 0 aromatic heterocycles. The lowest BCUT2D eigenvalue weighted by molar-refractivity contribution is 0.247. The number of benzene rings is 1.